The Labute approximate surface area is 116 Å². The van der Waals surface area contributed by atoms with E-state index in [0.717, 1.165) is 9.90 Å². The third-order valence-electron chi connectivity index (χ3n) is 2.15. The molecule has 2 unspecified atom stereocenters. The summed E-state index contributed by atoms with van der Waals surface area (Å²) in [7, 11) is 1.63. The summed E-state index contributed by atoms with van der Waals surface area (Å²) < 4.78 is 11.4. The lowest BCUT2D eigenvalue weighted by molar-refractivity contribution is -0.0257. The Morgan fingerprint density at radius 1 is 1.50 bits per heavy atom. The lowest BCUT2D eigenvalue weighted by Crippen LogP contribution is -2.24. The quantitative estimate of drug-likeness (QED) is 0.708. The Morgan fingerprint density at radius 3 is 2.78 bits per heavy atom. The number of thiazole rings is 1. The van der Waals surface area contributed by atoms with Crippen molar-refractivity contribution >= 4 is 28.2 Å². The second-order valence-corrected chi connectivity index (χ2v) is 6.31. The molecule has 0 aliphatic heterocycles. The fraction of sp³-hybridized carbons (Fsp3) is 0.727. The number of thioether (sulfide) groups is 1. The van der Waals surface area contributed by atoms with E-state index < -0.39 is 6.10 Å². The maximum absolute atomic E-state index is 9.79. The van der Waals surface area contributed by atoms with Crippen LogP contribution in [0.15, 0.2) is 4.21 Å². The molecule has 0 saturated carbocycles. The Bertz CT molecular complexity index is 360. The highest BCUT2D eigenvalue weighted by atomic mass is 32.2. The minimum atomic E-state index is -0.503. The van der Waals surface area contributed by atoms with Gasteiger partial charge in [-0.3, -0.25) is 0 Å². The van der Waals surface area contributed by atoms with Gasteiger partial charge in [-0.05, 0) is 13.8 Å². The van der Waals surface area contributed by atoms with Crippen molar-refractivity contribution < 1.29 is 14.6 Å². The summed E-state index contributed by atoms with van der Waals surface area (Å²) in [5.74, 6) is 0.572. The number of nitrogen functional groups attached to an aromatic ring is 1. The molecule has 1 aromatic heterocycles. The Kier molecular flexibility index (Phi) is 6.95. The van der Waals surface area contributed by atoms with Crippen LogP contribution in [0.4, 0.5) is 5.13 Å². The molecule has 2 atom stereocenters. The van der Waals surface area contributed by atoms with Crippen molar-refractivity contribution in [3.63, 3.8) is 0 Å². The van der Waals surface area contributed by atoms with E-state index >= 15 is 0 Å². The van der Waals surface area contributed by atoms with Crippen molar-refractivity contribution in [3.05, 3.63) is 5.69 Å². The summed E-state index contributed by atoms with van der Waals surface area (Å²) in [6.07, 6.45) is -0.507. The number of hydrogen-bond acceptors (Lipinski definition) is 7. The van der Waals surface area contributed by atoms with E-state index in [1.54, 1.807) is 18.9 Å². The molecule has 0 fully saturated rings. The third kappa shape index (κ3) is 5.53. The van der Waals surface area contributed by atoms with Gasteiger partial charge in [0.1, 0.15) is 0 Å². The fourth-order valence-corrected chi connectivity index (χ4v) is 3.27. The molecule has 5 nitrogen and oxygen atoms in total. The van der Waals surface area contributed by atoms with E-state index in [1.165, 1.54) is 11.3 Å². The standard InChI is InChI=1S/C11H20N2O3S2/c1-7(4-15-3)16-5-9(14)6-17-10-8(2)13-11(12)18-10/h7,9,14H,4-6H2,1-3H3,(H2,12,13). The van der Waals surface area contributed by atoms with Gasteiger partial charge >= 0.3 is 0 Å². The van der Waals surface area contributed by atoms with E-state index in [4.69, 9.17) is 15.2 Å². The maximum Gasteiger partial charge on any atom is 0.181 e. The van der Waals surface area contributed by atoms with E-state index in [-0.39, 0.29) is 6.10 Å². The Morgan fingerprint density at radius 2 is 2.22 bits per heavy atom. The SMILES string of the molecule is COCC(C)OCC(O)CSc1sc(N)nc1C. The number of rotatable bonds is 8. The Balaban J connectivity index is 2.24. The van der Waals surface area contributed by atoms with E-state index in [0.29, 0.717) is 24.1 Å². The van der Waals surface area contributed by atoms with Crippen LogP contribution in [0, 0.1) is 6.92 Å². The predicted octanol–water partition coefficient (Wildman–Crippen LogP) is 1.54. The molecule has 0 amide bonds. The summed E-state index contributed by atoms with van der Waals surface area (Å²) in [6.45, 7) is 4.67. The zero-order valence-corrected chi connectivity index (χ0v) is 12.5. The van der Waals surface area contributed by atoms with Crippen molar-refractivity contribution in [1.29, 1.82) is 0 Å². The number of anilines is 1. The molecule has 1 rings (SSSR count). The summed E-state index contributed by atoms with van der Waals surface area (Å²) in [5.41, 5.74) is 6.53. The molecular weight excluding hydrogens is 272 g/mol. The van der Waals surface area contributed by atoms with Gasteiger partial charge in [0, 0.05) is 12.9 Å². The molecule has 1 heterocycles. The lowest BCUT2D eigenvalue weighted by Gasteiger charge is -2.15. The molecule has 0 bridgehead atoms. The van der Waals surface area contributed by atoms with Crippen LogP contribution in [-0.4, -0.2) is 48.4 Å². The molecule has 0 aliphatic rings. The van der Waals surface area contributed by atoms with E-state index in [2.05, 4.69) is 4.98 Å². The summed E-state index contributed by atoms with van der Waals surface area (Å²) in [4.78, 5) is 4.13. The van der Waals surface area contributed by atoms with Crippen LogP contribution < -0.4 is 5.73 Å². The summed E-state index contributed by atoms with van der Waals surface area (Å²) in [6, 6.07) is 0. The number of hydrogen-bond donors (Lipinski definition) is 2. The summed E-state index contributed by atoms with van der Waals surface area (Å²) in [5, 5.41) is 10.4. The number of aryl methyl sites for hydroxylation is 1. The fourth-order valence-electron chi connectivity index (χ4n) is 1.31. The van der Waals surface area contributed by atoms with Crippen LogP contribution >= 0.6 is 23.1 Å². The second kappa shape index (κ2) is 7.96. The zero-order valence-electron chi connectivity index (χ0n) is 10.9. The number of methoxy groups -OCH3 is 1. The molecule has 0 saturated heterocycles. The molecule has 0 spiro atoms. The van der Waals surface area contributed by atoms with Crippen molar-refractivity contribution in [1.82, 2.24) is 4.98 Å². The first-order valence-electron chi connectivity index (χ1n) is 5.67. The average molecular weight is 292 g/mol. The van der Waals surface area contributed by atoms with Crippen LogP contribution in [-0.2, 0) is 9.47 Å². The normalized spacial score (nSPS) is 14.7. The summed E-state index contributed by atoms with van der Waals surface area (Å²) >= 11 is 3.00. The number of aromatic nitrogens is 1. The largest absolute Gasteiger partial charge is 0.390 e. The molecule has 0 aliphatic carbocycles. The van der Waals surface area contributed by atoms with Gasteiger partial charge in [0.05, 0.1) is 35.3 Å². The molecule has 1 aromatic rings. The maximum atomic E-state index is 9.79. The van der Waals surface area contributed by atoms with Crippen molar-refractivity contribution in [2.45, 2.75) is 30.3 Å². The monoisotopic (exact) mass is 292 g/mol. The zero-order chi connectivity index (χ0) is 13.5. The first-order valence-corrected chi connectivity index (χ1v) is 7.47. The molecular formula is C11H20N2O3S2. The molecule has 18 heavy (non-hydrogen) atoms. The van der Waals surface area contributed by atoms with Gasteiger partial charge in [-0.1, -0.05) is 11.3 Å². The van der Waals surface area contributed by atoms with Crippen LogP contribution in [0.1, 0.15) is 12.6 Å². The average Bonchev–Trinajstić information content (AvgIpc) is 2.63. The van der Waals surface area contributed by atoms with Crippen molar-refractivity contribution in [3.8, 4) is 0 Å². The van der Waals surface area contributed by atoms with Gasteiger partial charge in [-0.25, -0.2) is 4.98 Å². The number of ether oxygens (including phenoxy) is 2. The topological polar surface area (TPSA) is 77.6 Å². The van der Waals surface area contributed by atoms with Crippen LogP contribution in [0.2, 0.25) is 0 Å². The highest BCUT2D eigenvalue weighted by Crippen LogP contribution is 2.30. The minimum absolute atomic E-state index is 0.00423. The smallest absolute Gasteiger partial charge is 0.181 e. The third-order valence-corrected chi connectivity index (χ3v) is 4.65. The van der Waals surface area contributed by atoms with Gasteiger partial charge in [0.2, 0.25) is 0 Å². The van der Waals surface area contributed by atoms with Gasteiger partial charge in [-0.15, -0.1) is 11.8 Å². The number of nitrogens with two attached hydrogens (primary N) is 1. The highest BCUT2D eigenvalue weighted by molar-refractivity contribution is 8.01. The van der Waals surface area contributed by atoms with Gasteiger partial charge < -0.3 is 20.3 Å². The minimum Gasteiger partial charge on any atom is -0.390 e. The predicted molar refractivity (Wildman–Crippen MR) is 75.3 cm³/mol. The Hall–Kier alpha value is -0.340. The lowest BCUT2D eigenvalue weighted by atomic mass is 10.4. The number of aliphatic hydroxyl groups excluding tert-OH is 1. The van der Waals surface area contributed by atoms with E-state index in [1.807, 2.05) is 13.8 Å². The van der Waals surface area contributed by atoms with Crippen LogP contribution in [0.3, 0.4) is 0 Å². The van der Waals surface area contributed by atoms with Crippen LogP contribution in [0.25, 0.3) is 0 Å². The first-order chi connectivity index (χ1) is 8.52. The van der Waals surface area contributed by atoms with Crippen LogP contribution in [0.5, 0.6) is 0 Å². The molecule has 0 aromatic carbocycles. The molecule has 7 heteroatoms. The molecule has 0 radical (unpaired) electrons. The molecule has 104 valence electrons. The van der Waals surface area contributed by atoms with E-state index in [9.17, 15) is 5.11 Å². The molecule has 3 N–H and O–H groups in total. The number of aliphatic hydroxyl groups is 1. The first kappa shape index (κ1) is 15.7. The van der Waals surface area contributed by atoms with Gasteiger partial charge in [-0.2, -0.15) is 0 Å². The van der Waals surface area contributed by atoms with Crippen molar-refractivity contribution in [2.24, 2.45) is 0 Å². The van der Waals surface area contributed by atoms with Gasteiger partial charge in [0.25, 0.3) is 0 Å². The highest BCUT2D eigenvalue weighted by Gasteiger charge is 2.11. The van der Waals surface area contributed by atoms with Gasteiger partial charge in [0.15, 0.2) is 5.13 Å². The second-order valence-electron chi connectivity index (χ2n) is 3.99. The van der Waals surface area contributed by atoms with Crippen molar-refractivity contribution in [2.75, 3.05) is 31.8 Å². The number of nitrogens with zero attached hydrogens (tertiary/aromatic N) is 1.